The van der Waals surface area contributed by atoms with Crippen molar-refractivity contribution in [3.8, 4) is 0 Å². The number of amides is 3. The lowest BCUT2D eigenvalue weighted by Crippen LogP contribution is -2.43. The normalized spacial score (nSPS) is 20.2. The van der Waals surface area contributed by atoms with E-state index in [9.17, 15) is 14.0 Å². The maximum Gasteiger partial charge on any atom is 0.325 e. The molecule has 3 rings (SSSR count). The molecular formula is C17H19FN4O3. The monoisotopic (exact) mass is 346 g/mol. The van der Waals surface area contributed by atoms with Gasteiger partial charge in [-0.15, -0.1) is 0 Å². The molecule has 1 saturated heterocycles. The molecule has 1 fully saturated rings. The summed E-state index contributed by atoms with van der Waals surface area (Å²) in [6, 6.07) is 5.01. The number of nitrogens with one attached hydrogen (secondary N) is 1. The lowest BCUT2D eigenvalue weighted by atomic mass is 9.87. The van der Waals surface area contributed by atoms with Crippen molar-refractivity contribution in [1.29, 1.82) is 0 Å². The lowest BCUT2D eigenvalue weighted by molar-refractivity contribution is -0.132. The summed E-state index contributed by atoms with van der Waals surface area (Å²) in [5, 5.41) is 6.56. The molecule has 1 aromatic heterocycles. The zero-order valence-corrected chi connectivity index (χ0v) is 14.1. The Hall–Kier alpha value is -2.77. The highest BCUT2D eigenvalue weighted by atomic mass is 19.1. The number of carbonyl (C=O) groups excluding carboxylic acids is 2. The Balaban J connectivity index is 1.86. The number of halogens is 1. The van der Waals surface area contributed by atoms with Gasteiger partial charge in [0.25, 0.3) is 5.91 Å². The van der Waals surface area contributed by atoms with E-state index in [2.05, 4.69) is 15.5 Å². The van der Waals surface area contributed by atoms with Crippen LogP contribution in [0.4, 0.5) is 9.18 Å². The van der Waals surface area contributed by atoms with Crippen molar-refractivity contribution in [3.63, 3.8) is 0 Å². The SMILES string of the molecule is CCCc1noc(CN2C(=O)N[C@@](CC)(c3ccc(F)cc3)C2=O)n1. The molecular weight excluding hydrogens is 327 g/mol. The van der Waals surface area contributed by atoms with Crippen molar-refractivity contribution in [3.05, 3.63) is 47.4 Å². The lowest BCUT2D eigenvalue weighted by Gasteiger charge is -2.25. The maximum atomic E-state index is 13.2. The van der Waals surface area contributed by atoms with Crippen LogP contribution < -0.4 is 5.32 Å². The van der Waals surface area contributed by atoms with Gasteiger partial charge in [-0.25, -0.2) is 9.18 Å². The molecule has 2 aromatic rings. The first-order valence-electron chi connectivity index (χ1n) is 8.21. The van der Waals surface area contributed by atoms with E-state index in [4.69, 9.17) is 4.52 Å². The Labute approximate surface area is 144 Å². The molecule has 0 saturated carbocycles. The van der Waals surface area contributed by atoms with E-state index in [-0.39, 0.29) is 12.4 Å². The van der Waals surface area contributed by atoms with E-state index < -0.39 is 23.3 Å². The van der Waals surface area contributed by atoms with Crippen molar-refractivity contribution < 1.29 is 18.5 Å². The second kappa shape index (κ2) is 6.62. The minimum absolute atomic E-state index is 0.0929. The first-order valence-corrected chi connectivity index (χ1v) is 8.21. The highest BCUT2D eigenvalue weighted by Crippen LogP contribution is 2.33. The predicted molar refractivity (Wildman–Crippen MR) is 85.7 cm³/mol. The Kier molecular flexibility index (Phi) is 4.52. The fourth-order valence-corrected chi connectivity index (χ4v) is 2.96. The van der Waals surface area contributed by atoms with Crippen LogP contribution in [0.1, 0.15) is 44.0 Å². The molecule has 132 valence electrons. The van der Waals surface area contributed by atoms with Gasteiger partial charge in [0.15, 0.2) is 5.82 Å². The molecule has 1 aromatic carbocycles. The van der Waals surface area contributed by atoms with E-state index in [0.717, 1.165) is 11.3 Å². The molecule has 1 aliphatic heterocycles. The number of hydrogen-bond donors (Lipinski definition) is 1. The minimum Gasteiger partial charge on any atom is -0.337 e. The number of benzene rings is 1. The molecule has 0 unspecified atom stereocenters. The summed E-state index contributed by atoms with van der Waals surface area (Å²) in [4.78, 5) is 30.6. The molecule has 1 atom stereocenters. The number of aromatic nitrogens is 2. The Morgan fingerprint density at radius 3 is 2.60 bits per heavy atom. The third-order valence-corrected chi connectivity index (χ3v) is 4.32. The molecule has 0 spiro atoms. The van der Waals surface area contributed by atoms with Crippen molar-refractivity contribution in [2.45, 2.75) is 45.2 Å². The Morgan fingerprint density at radius 2 is 1.96 bits per heavy atom. The molecule has 0 radical (unpaired) electrons. The molecule has 1 N–H and O–H groups in total. The van der Waals surface area contributed by atoms with Crippen LogP contribution in [0.25, 0.3) is 0 Å². The van der Waals surface area contributed by atoms with Crippen LogP contribution in [0.15, 0.2) is 28.8 Å². The van der Waals surface area contributed by atoms with Crippen molar-refractivity contribution in [1.82, 2.24) is 20.4 Å². The van der Waals surface area contributed by atoms with Gasteiger partial charge in [-0.2, -0.15) is 4.98 Å². The number of rotatable bonds is 6. The molecule has 1 aliphatic rings. The van der Waals surface area contributed by atoms with Crippen LogP contribution in [-0.4, -0.2) is 27.0 Å². The smallest absolute Gasteiger partial charge is 0.325 e. The number of nitrogens with zero attached hydrogens (tertiary/aromatic N) is 3. The Morgan fingerprint density at radius 1 is 1.24 bits per heavy atom. The summed E-state index contributed by atoms with van der Waals surface area (Å²) in [7, 11) is 0. The molecule has 2 heterocycles. The summed E-state index contributed by atoms with van der Waals surface area (Å²) >= 11 is 0. The van der Waals surface area contributed by atoms with Gasteiger partial charge < -0.3 is 9.84 Å². The summed E-state index contributed by atoms with van der Waals surface area (Å²) in [5.41, 5.74) is -0.675. The molecule has 0 bridgehead atoms. The quantitative estimate of drug-likeness (QED) is 0.812. The topological polar surface area (TPSA) is 88.3 Å². The van der Waals surface area contributed by atoms with Gasteiger partial charge in [0.1, 0.15) is 17.9 Å². The largest absolute Gasteiger partial charge is 0.337 e. The molecule has 0 aliphatic carbocycles. The van der Waals surface area contributed by atoms with Crippen molar-refractivity contribution >= 4 is 11.9 Å². The van der Waals surface area contributed by atoms with Gasteiger partial charge in [0.05, 0.1) is 0 Å². The minimum atomic E-state index is -1.21. The van der Waals surface area contributed by atoms with Crippen LogP contribution in [-0.2, 0) is 23.3 Å². The fourth-order valence-electron chi connectivity index (χ4n) is 2.96. The second-order valence-corrected chi connectivity index (χ2v) is 5.94. The van der Waals surface area contributed by atoms with Crippen LogP contribution in [0.5, 0.6) is 0 Å². The van der Waals surface area contributed by atoms with Crippen molar-refractivity contribution in [2.75, 3.05) is 0 Å². The molecule has 3 amide bonds. The van der Waals surface area contributed by atoms with Crippen LogP contribution in [0, 0.1) is 5.82 Å². The van der Waals surface area contributed by atoms with E-state index in [1.54, 1.807) is 6.92 Å². The van der Waals surface area contributed by atoms with Gasteiger partial charge in [-0.1, -0.05) is 31.1 Å². The number of aryl methyl sites for hydroxylation is 1. The zero-order chi connectivity index (χ0) is 18.0. The predicted octanol–water partition coefficient (Wildman–Crippen LogP) is 2.52. The zero-order valence-electron chi connectivity index (χ0n) is 14.1. The second-order valence-electron chi connectivity index (χ2n) is 5.94. The summed E-state index contributed by atoms with van der Waals surface area (Å²) in [6.45, 7) is 3.69. The number of carbonyl (C=O) groups is 2. The van der Waals surface area contributed by atoms with Gasteiger partial charge in [-0.05, 0) is 30.5 Å². The van der Waals surface area contributed by atoms with Gasteiger partial charge in [0.2, 0.25) is 5.89 Å². The fraction of sp³-hybridized carbons (Fsp3) is 0.412. The van der Waals surface area contributed by atoms with E-state index in [0.29, 0.717) is 24.2 Å². The first-order chi connectivity index (χ1) is 12.0. The highest BCUT2D eigenvalue weighted by Gasteiger charge is 2.51. The molecule has 7 nitrogen and oxygen atoms in total. The van der Waals surface area contributed by atoms with E-state index >= 15 is 0 Å². The summed E-state index contributed by atoms with van der Waals surface area (Å²) < 4.78 is 18.3. The molecule has 8 heteroatoms. The maximum absolute atomic E-state index is 13.2. The summed E-state index contributed by atoms with van der Waals surface area (Å²) in [6.07, 6.45) is 1.87. The van der Waals surface area contributed by atoms with E-state index in [1.807, 2.05) is 6.92 Å². The van der Waals surface area contributed by atoms with Crippen molar-refractivity contribution in [2.24, 2.45) is 0 Å². The van der Waals surface area contributed by atoms with Crippen LogP contribution in [0.2, 0.25) is 0 Å². The Bertz CT molecular complexity index is 789. The number of imide groups is 1. The van der Waals surface area contributed by atoms with Gasteiger partial charge in [-0.3, -0.25) is 9.69 Å². The van der Waals surface area contributed by atoms with Gasteiger partial charge >= 0.3 is 6.03 Å². The van der Waals surface area contributed by atoms with Crippen LogP contribution >= 0.6 is 0 Å². The van der Waals surface area contributed by atoms with Crippen LogP contribution in [0.3, 0.4) is 0 Å². The third-order valence-electron chi connectivity index (χ3n) is 4.32. The summed E-state index contributed by atoms with van der Waals surface area (Å²) in [5.74, 6) is -0.0670. The molecule has 25 heavy (non-hydrogen) atoms. The highest BCUT2D eigenvalue weighted by molar-refractivity contribution is 6.07. The first kappa shape index (κ1) is 17.1. The van der Waals surface area contributed by atoms with E-state index in [1.165, 1.54) is 24.3 Å². The van der Waals surface area contributed by atoms with Gasteiger partial charge in [0, 0.05) is 6.42 Å². The standard InChI is InChI=1S/C17H19FN4O3/c1-3-5-13-19-14(25-21-13)10-22-15(23)17(4-2,20-16(22)24)11-6-8-12(18)9-7-11/h6-9H,3-5,10H2,1-2H3,(H,20,24)/t17-/m0/s1. The average molecular weight is 346 g/mol. The number of hydrogen-bond acceptors (Lipinski definition) is 5. The average Bonchev–Trinajstić information content (AvgIpc) is 3.14. The third kappa shape index (κ3) is 2.99. The number of urea groups is 1.